The van der Waals surface area contributed by atoms with E-state index in [1.54, 1.807) is 11.3 Å². The minimum absolute atomic E-state index is 0.128. The van der Waals surface area contributed by atoms with Gasteiger partial charge >= 0.3 is 5.97 Å². The molecule has 1 fully saturated rings. The number of carbonyl (C=O) groups is 1. The van der Waals surface area contributed by atoms with E-state index in [0.717, 1.165) is 25.7 Å². The van der Waals surface area contributed by atoms with Gasteiger partial charge in [0.15, 0.2) is 0 Å². The van der Waals surface area contributed by atoms with Crippen LogP contribution in [0.25, 0.3) is 0 Å². The molecule has 0 spiro atoms. The first-order valence-electron chi connectivity index (χ1n) is 7.10. The summed E-state index contributed by atoms with van der Waals surface area (Å²) in [5.74, 6) is -0.203. The fourth-order valence-corrected chi connectivity index (χ4v) is 3.79. The number of thiophene rings is 1. The molecule has 0 radical (unpaired) electrons. The molecule has 19 heavy (non-hydrogen) atoms. The lowest BCUT2D eigenvalue weighted by molar-refractivity contribution is -0.142. The molecule has 0 aromatic carbocycles. The van der Waals surface area contributed by atoms with Crippen LogP contribution in [-0.4, -0.2) is 17.1 Å². The Morgan fingerprint density at radius 3 is 2.53 bits per heavy atom. The molecule has 2 N–H and O–H groups in total. The van der Waals surface area contributed by atoms with Gasteiger partial charge in [0, 0.05) is 17.0 Å². The molecule has 0 aliphatic heterocycles. The lowest BCUT2D eigenvalue weighted by Crippen LogP contribution is -2.38. The molecule has 1 aliphatic rings. The second-order valence-corrected chi connectivity index (χ2v) is 6.77. The van der Waals surface area contributed by atoms with Gasteiger partial charge in [0.25, 0.3) is 0 Å². The quantitative estimate of drug-likeness (QED) is 0.865. The van der Waals surface area contributed by atoms with Crippen LogP contribution in [0.5, 0.6) is 0 Å². The van der Waals surface area contributed by atoms with E-state index < -0.39 is 5.97 Å². The summed E-state index contributed by atoms with van der Waals surface area (Å²) in [4.78, 5) is 12.3. The fourth-order valence-electron chi connectivity index (χ4n) is 2.83. The van der Waals surface area contributed by atoms with Crippen molar-refractivity contribution in [2.75, 3.05) is 0 Å². The minimum atomic E-state index is -0.628. The summed E-state index contributed by atoms with van der Waals surface area (Å²) in [6.45, 7) is 4.47. The molecule has 1 heterocycles. The highest BCUT2D eigenvalue weighted by Gasteiger charge is 2.28. The number of nitrogens with one attached hydrogen (secondary N) is 1. The van der Waals surface area contributed by atoms with Gasteiger partial charge in [-0.25, -0.2) is 0 Å². The highest BCUT2D eigenvalue weighted by Crippen LogP contribution is 2.30. The van der Waals surface area contributed by atoms with Crippen molar-refractivity contribution < 1.29 is 9.90 Å². The highest BCUT2D eigenvalue weighted by molar-refractivity contribution is 7.10. The van der Waals surface area contributed by atoms with Gasteiger partial charge in [0.05, 0.1) is 5.92 Å². The summed E-state index contributed by atoms with van der Waals surface area (Å²) in [5, 5.41) is 14.9. The summed E-state index contributed by atoms with van der Waals surface area (Å²) in [5.41, 5.74) is 0. The van der Waals surface area contributed by atoms with Crippen molar-refractivity contribution in [3.63, 3.8) is 0 Å². The second kappa shape index (κ2) is 6.53. The first-order chi connectivity index (χ1) is 9.08. The summed E-state index contributed by atoms with van der Waals surface area (Å²) in [7, 11) is 0. The molecule has 1 aromatic heterocycles. The predicted molar refractivity (Wildman–Crippen MR) is 78.4 cm³/mol. The molecule has 4 heteroatoms. The Morgan fingerprint density at radius 2 is 2.05 bits per heavy atom. The van der Waals surface area contributed by atoms with Gasteiger partial charge in [-0.3, -0.25) is 4.79 Å². The van der Waals surface area contributed by atoms with Crippen LogP contribution >= 0.6 is 11.3 Å². The molecular weight excluding hydrogens is 258 g/mol. The Balaban J connectivity index is 1.91. The fraction of sp³-hybridized carbons (Fsp3) is 0.667. The monoisotopic (exact) mass is 281 g/mol. The van der Waals surface area contributed by atoms with E-state index in [1.165, 1.54) is 4.88 Å². The largest absolute Gasteiger partial charge is 0.481 e. The van der Waals surface area contributed by atoms with Gasteiger partial charge < -0.3 is 10.4 Å². The molecule has 0 bridgehead atoms. The van der Waals surface area contributed by atoms with Gasteiger partial charge in [-0.15, -0.1) is 11.3 Å². The highest BCUT2D eigenvalue weighted by atomic mass is 32.1. The first-order valence-corrected chi connectivity index (χ1v) is 7.98. The Labute approximate surface area is 119 Å². The number of rotatable bonds is 5. The van der Waals surface area contributed by atoms with Gasteiger partial charge in [0.2, 0.25) is 0 Å². The van der Waals surface area contributed by atoms with Crippen LogP contribution in [0.1, 0.15) is 50.4 Å². The van der Waals surface area contributed by atoms with E-state index in [-0.39, 0.29) is 5.92 Å². The maximum atomic E-state index is 11.0. The van der Waals surface area contributed by atoms with Crippen molar-refractivity contribution in [2.24, 2.45) is 11.8 Å². The van der Waals surface area contributed by atoms with Gasteiger partial charge in [0.1, 0.15) is 0 Å². The van der Waals surface area contributed by atoms with Crippen LogP contribution in [0.4, 0.5) is 0 Å². The summed E-state index contributed by atoms with van der Waals surface area (Å²) >= 11 is 1.80. The summed E-state index contributed by atoms with van der Waals surface area (Å²) < 4.78 is 0. The third-order valence-corrected chi connectivity index (χ3v) is 4.96. The number of aliphatic carboxylic acids is 1. The zero-order chi connectivity index (χ0) is 13.8. The zero-order valence-electron chi connectivity index (χ0n) is 11.6. The summed E-state index contributed by atoms with van der Waals surface area (Å²) in [6.07, 6.45) is 3.57. The van der Waals surface area contributed by atoms with E-state index in [1.807, 2.05) is 0 Å². The minimum Gasteiger partial charge on any atom is -0.481 e. The van der Waals surface area contributed by atoms with E-state index >= 15 is 0 Å². The Bertz CT molecular complexity index is 394. The van der Waals surface area contributed by atoms with Gasteiger partial charge in [-0.05, 0) is 43.0 Å². The molecule has 1 atom stereocenters. The van der Waals surface area contributed by atoms with Crippen molar-refractivity contribution >= 4 is 17.3 Å². The van der Waals surface area contributed by atoms with Crippen molar-refractivity contribution in [3.8, 4) is 0 Å². The van der Waals surface area contributed by atoms with E-state index in [4.69, 9.17) is 5.11 Å². The lowest BCUT2D eigenvalue weighted by Gasteiger charge is -2.32. The third kappa shape index (κ3) is 3.80. The molecule has 0 amide bonds. The summed E-state index contributed by atoms with van der Waals surface area (Å²) in [6, 6.07) is 5.14. The first kappa shape index (κ1) is 14.5. The maximum absolute atomic E-state index is 11.0. The normalized spacial score (nSPS) is 25.4. The van der Waals surface area contributed by atoms with Crippen molar-refractivity contribution in [2.45, 2.75) is 51.6 Å². The van der Waals surface area contributed by atoms with Crippen LogP contribution in [0.15, 0.2) is 17.5 Å². The van der Waals surface area contributed by atoms with Crippen LogP contribution in [0.2, 0.25) is 0 Å². The molecule has 1 aromatic rings. The topological polar surface area (TPSA) is 49.3 Å². The molecule has 2 rings (SSSR count). The lowest BCUT2D eigenvalue weighted by atomic mass is 9.85. The molecule has 1 aliphatic carbocycles. The van der Waals surface area contributed by atoms with Crippen LogP contribution in [-0.2, 0) is 4.79 Å². The van der Waals surface area contributed by atoms with Crippen molar-refractivity contribution in [3.05, 3.63) is 22.4 Å². The molecule has 106 valence electrons. The standard InChI is InChI=1S/C15H23NO2S/c1-10(2)14(13-4-3-9-19-13)16-12-7-5-11(6-8-12)15(17)18/h3-4,9-12,14,16H,5-8H2,1-2H3,(H,17,18). The molecule has 0 saturated heterocycles. The Hall–Kier alpha value is -0.870. The second-order valence-electron chi connectivity index (χ2n) is 5.79. The van der Waals surface area contributed by atoms with E-state index in [0.29, 0.717) is 18.0 Å². The van der Waals surface area contributed by atoms with Crippen molar-refractivity contribution in [1.29, 1.82) is 0 Å². The van der Waals surface area contributed by atoms with Crippen molar-refractivity contribution in [1.82, 2.24) is 5.32 Å². The van der Waals surface area contributed by atoms with Gasteiger partial charge in [-0.1, -0.05) is 19.9 Å². The average molecular weight is 281 g/mol. The number of carboxylic acid groups (broad SMARTS) is 1. The number of carboxylic acids is 1. The predicted octanol–water partition coefficient (Wildman–Crippen LogP) is 3.68. The maximum Gasteiger partial charge on any atom is 0.306 e. The number of hydrogen-bond donors (Lipinski definition) is 2. The van der Waals surface area contributed by atoms with Crippen LogP contribution in [0, 0.1) is 11.8 Å². The average Bonchev–Trinajstić information content (AvgIpc) is 2.89. The van der Waals surface area contributed by atoms with Gasteiger partial charge in [-0.2, -0.15) is 0 Å². The van der Waals surface area contributed by atoms with E-state index in [9.17, 15) is 4.79 Å². The molecule has 1 unspecified atom stereocenters. The zero-order valence-corrected chi connectivity index (χ0v) is 12.5. The van der Waals surface area contributed by atoms with Crippen LogP contribution < -0.4 is 5.32 Å². The molecule has 1 saturated carbocycles. The third-order valence-electron chi connectivity index (χ3n) is 4.01. The molecular formula is C15H23NO2S. The van der Waals surface area contributed by atoms with E-state index in [2.05, 4.69) is 36.7 Å². The van der Waals surface area contributed by atoms with Crippen LogP contribution in [0.3, 0.4) is 0 Å². The SMILES string of the molecule is CC(C)C(NC1CCC(C(=O)O)CC1)c1cccs1. The smallest absolute Gasteiger partial charge is 0.306 e. The Morgan fingerprint density at radius 1 is 1.37 bits per heavy atom. The molecule has 3 nitrogen and oxygen atoms in total. The Kier molecular flexibility index (Phi) is 4.99. The number of hydrogen-bond acceptors (Lipinski definition) is 3.